The summed E-state index contributed by atoms with van der Waals surface area (Å²) in [5.74, 6) is -0.970. The van der Waals surface area contributed by atoms with Gasteiger partial charge in [0.1, 0.15) is 0 Å². The Bertz CT molecular complexity index is 908. The van der Waals surface area contributed by atoms with Gasteiger partial charge in [-0.1, -0.05) is 0 Å². The Kier molecular flexibility index (Phi) is 5.26. The number of rotatable bonds is 5. The van der Waals surface area contributed by atoms with Gasteiger partial charge in [0.05, 0.1) is 21.5 Å². The second-order valence-corrected chi connectivity index (χ2v) is 5.36. The Morgan fingerprint density at radius 1 is 0.923 bits per heavy atom. The third kappa shape index (κ3) is 4.17. The molecule has 2 N–H and O–H groups in total. The molecular formula is C16H14N4O6. The number of anilines is 2. The Hall–Kier alpha value is -3.82. The van der Waals surface area contributed by atoms with Crippen LogP contribution in [-0.4, -0.2) is 21.7 Å². The van der Waals surface area contributed by atoms with E-state index in [0.717, 1.165) is 12.1 Å². The first-order valence-electron chi connectivity index (χ1n) is 7.31. The molecule has 0 saturated carbocycles. The van der Waals surface area contributed by atoms with Crippen molar-refractivity contribution in [1.29, 1.82) is 0 Å². The van der Waals surface area contributed by atoms with Crippen LogP contribution in [0.2, 0.25) is 0 Å². The zero-order valence-corrected chi connectivity index (χ0v) is 13.8. The van der Waals surface area contributed by atoms with Crippen molar-refractivity contribution < 1.29 is 19.4 Å². The van der Waals surface area contributed by atoms with Gasteiger partial charge in [-0.2, -0.15) is 0 Å². The highest BCUT2D eigenvalue weighted by atomic mass is 16.6. The molecule has 0 aliphatic heterocycles. The first kappa shape index (κ1) is 18.5. The molecule has 0 bridgehead atoms. The summed E-state index contributed by atoms with van der Waals surface area (Å²) in [7, 11) is 0. The van der Waals surface area contributed by atoms with Gasteiger partial charge in [-0.3, -0.25) is 29.8 Å². The average Bonchev–Trinajstić information content (AvgIpc) is 2.55. The standard InChI is InChI=1S/C16H14N4O6/c1-9-14(7-13(19(23)24)8-15(9)20(25)26)16(22)18-12-5-3-11(4-6-12)17-10(2)21/h3-8H,1-2H3,(H,17,21)(H,18,22). The lowest BCUT2D eigenvalue weighted by atomic mass is 10.0. The monoisotopic (exact) mass is 358 g/mol. The van der Waals surface area contributed by atoms with E-state index in [4.69, 9.17) is 0 Å². The van der Waals surface area contributed by atoms with Crippen LogP contribution in [0.25, 0.3) is 0 Å². The molecule has 134 valence electrons. The molecule has 0 spiro atoms. The summed E-state index contributed by atoms with van der Waals surface area (Å²) in [6.45, 7) is 2.70. The zero-order valence-electron chi connectivity index (χ0n) is 13.8. The van der Waals surface area contributed by atoms with Gasteiger partial charge >= 0.3 is 0 Å². The summed E-state index contributed by atoms with van der Waals surface area (Å²) in [5.41, 5.74) is -0.320. The van der Waals surface area contributed by atoms with Gasteiger partial charge in [-0.25, -0.2) is 0 Å². The highest BCUT2D eigenvalue weighted by Crippen LogP contribution is 2.28. The van der Waals surface area contributed by atoms with Crippen molar-refractivity contribution in [3.63, 3.8) is 0 Å². The second-order valence-electron chi connectivity index (χ2n) is 5.36. The lowest BCUT2D eigenvalue weighted by Crippen LogP contribution is -2.15. The van der Waals surface area contributed by atoms with Gasteiger partial charge in [-0.15, -0.1) is 0 Å². The topological polar surface area (TPSA) is 144 Å². The van der Waals surface area contributed by atoms with Gasteiger partial charge in [0.2, 0.25) is 5.91 Å². The molecule has 0 aromatic heterocycles. The number of non-ortho nitro benzene ring substituents is 1. The fourth-order valence-electron chi connectivity index (χ4n) is 2.25. The number of carbonyl (C=O) groups excluding carboxylic acids is 2. The summed E-state index contributed by atoms with van der Waals surface area (Å²) < 4.78 is 0. The van der Waals surface area contributed by atoms with Crippen LogP contribution in [0.1, 0.15) is 22.8 Å². The van der Waals surface area contributed by atoms with Gasteiger partial charge < -0.3 is 10.6 Å². The van der Waals surface area contributed by atoms with E-state index < -0.39 is 27.1 Å². The number of nitrogens with one attached hydrogen (secondary N) is 2. The molecule has 10 heteroatoms. The first-order valence-corrected chi connectivity index (χ1v) is 7.31. The maximum absolute atomic E-state index is 12.4. The van der Waals surface area contributed by atoms with Crippen molar-refractivity contribution in [3.05, 3.63) is 67.8 Å². The average molecular weight is 358 g/mol. The summed E-state index contributed by atoms with van der Waals surface area (Å²) in [4.78, 5) is 43.9. The van der Waals surface area contributed by atoms with E-state index in [1.165, 1.54) is 26.0 Å². The van der Waals surface area contributed by atoms with Gasteiger partial charge in [0, 0.05) is 29.9 Å². The predicted molar refractivity (Wildman–Crippen MR) is 93.2 cm³/mol. The van der Waals surface area contributed by atoms with Crippen molar-refractivity contribution in [1.82, 2.24) is 0 Å². The number of hydrogen-bond donors (Lipinski definition) is 2. The van der Waals surface area contributed by atoms with E-state index >= 15 is 0 Å². The van der Waals surface area contributed by atoms with E-state index in [1.807, 2.05) is 0 Å². The Labute approximate surface area is 147 Å². The molecule has 0 heterocycles. The number of nitro benzene ring substituents is 2. The predicted octanol–water partition coefficient (Wildman–Crippen LogP) is 3.02. The minimum absolute atomic E-state index is 0.0213. The van der Waals surface area contributed by atoms with Crippen molar-refractivity contribution in [3.8, 4) is 0 Å². The zero-order chi connectivity index (χ0) is 19.4. The van der Waals surface area contributed by atoms with Crippen molar-refractivity contribution in [2.24, 2.45) is 0 Å². The van der Waals surface area contributed by atoms with Gasteiger partial charge in [-0.05, 0) is 31.2 Å². The van der Waals surface area contributed by atoms with Crippen LogP contribution in [0.5, 0.6) is 0 Å². The smallest absolute Gasteiger partial charge is 0.279 e. The molecule has 0 aliphatic rings. The van der Waals surface area contributed by atoms with E-state index in [1.54, 1.807) is 12.1 Å². The molecule has 10 nitrogen and oxygen atoms in total. The SMILES string of the molecule is CC(=O)Nc1ccc(NC(=O)c2cc([N+](=O)[O-])cc([N+](=O)[O-])c2C)cc1. The molecule has 2 aromatic rings. The largest absolute Gasteiger partial charge is 0.326 e. The molecule has 0 radical (unpaired) electrons. The molecule has 0 saturated heterocycles. The maximum atomic E-state index is 12.4. The molecule has 0 aliphatic carbocycles. The number of benzene rings is 2. The van der Waals surface area contributed by atoms with Crippen molar-refractivity contribution in [2.75, 3.05) is 10.6 Å². The van der Waals surface area contributed by atoms with Crippen LogP contribution >= 0.6 is 0 Å². The molecule has 2 amide bonds. The highest BCUT2D eigenvalue weighted by Gasteiger charge is 2.24. The van der Waals surface area contributed by atoms with Crippen LogP contribution < -0.4 is 10.6 Å². The summed E-state index contributed by atoms with van der Waals surface area (Å²) in [6, 6.07) is 7.95. The summed E-state index contributed by atoms with van der Waals surface area (Å²) >= 11 is 0. The molecule has 0 fully saturated rings. The van der Waals surface area contributed by atoms with Crippen LogP contribution in [0.4, 0.5) is 22.7 Å². The Morgan fingerprint density at radius 2 is 1.46 bits per heavy atom. The van der Waals surface area contributed by atoms with Crippen LogP contribution in [0.3, 0.4) is 0 Å². The third-order valence-electron chi connectivity index (χ3n) is 3.48. The van der Waals surface area contributed by atoms with E-state index in [-0.39, 0.29) is 17.0 Å². The van der Waals surface area contributed by atoms with E-state index in [9.17, 15) is 29.8 Å². The van der Waals surface area contributed by atoms with E-state index in [2.05, 4.69) is 10.6 Å². The quantitative estimate of drug-likeness (QED) is 0.621. The van der Waals surface area contributed by atoms with Crippen LogP contribution in [0.15, 0.2) is 36.4 Å². The second kappa shape index (κ2) is 7.38. The van der Waals surface area contributed by atoms with Gasteiger partial charge in [0.25, 0.3) is 17.3 Å². The fourth-order valence-corrected chi connectivity index (χ4v) is 2.25. The molecular weight excluding hydrogens is 344 g/mol. The number of nitrogens with zero attached hydrogens (tertiary/aromatic N) is 2. The minimum atomic E-state index is -0.800. The number of nitro groups is 2. The Morgan fingerprint density at radius 3 is 1.92 bits per heavy atom. The number of carbonyl (C=O) groups is 2. The molecule has 2 rings (SSSR count). The highest BCUT2D eigenvalue weighted by molar-refractivity contribution is 6.06. The molecule has 0 unspecified atom stereocenters. The normalized spacial score (nSPS) is 10.1. The lowest BCUT2D eigenvalue weighted by molar-refractivity contribution is -0.394. The van der Waals surface area contributed by atoms with E-state index in [0.29, 0.717) is 11.4 Å². The van der Waals surface area contributed by atoms with Crippen molar-refractivity contribution >= 4 is 34.6 Å². The van der Waals surface area contributed by atoms with Crippen molar-refractivity contribution in [2.45, 2.75) is 13.8 Å². The third-order valence-corrected chi connectivity index (χ3v) is 3.48. The number of amides is 2. The summed E-state index contributed by atoms with van der Waals surface area (Å²) in [6.07, 6.45) is 0. The molecule has 2 aromatic carbocycles. The maximum Gasteiger partial charge on any atom is 0.279 e. The lowest BCUT2D eigenvalue weighted by Gasteiger charge is -2.09. The minimum Gasteiger partial charge on any atom is -0.326 e. The number of hydrogen-bond acceptors (Lipinski definition) is 6. The molecule has 26 heavy (non-hydrogen) atoms. The van der Waals surface area contributed by atoms with Gasteiger partial charge in [0.15, 0.2) is 0 Å². The van der Waals surface area contributed by atoms with Crippen LogP contribution in [0, 0.1) is 27.2 Å². The first-order chi connectivity index (χ1) is 12.2. The molecule has 0 atom stereocenters. The Balaban J connectivity index is 2.33. The fraction of sp³-hybridized carbons (Fsp3) is 0.125. The van der Waals surface area contributed by atoms with Crippen LogP contribution in [-0.2, 0) is 4.79 Å². The summed E-state index contributed by atoms with van der Waals surface area (Å²) in [5, 5.41) is 27.1.